The van der Waals surface area contributed by atoms with Gasteiger partial charge in [0, 0.05) is 11.1 Å². The van der Waals surface area contributed by atoms with E-state index >= 15 is 0 Å². The summed E-state index contributed by atoms with van der Waals surface area (Å²) in [5, 5.41) is 13.3. The molecule has 0 fully saturated rings. The molecule has 0 saturated heterocycles. The molecule has 0 aliphatic carbocycles. The van der Waals surface area contributed by atoms with Crippen molar-refractivity contribution in [2.45, 2.75) is 0 Å². The second kappa shape index (κ2) is 8.77. The van der Waals surface area contributed by atoms with Crippen LogP contribution in [0, 0.1) is 15.9 Å². The van der Waals surface area contributed by atoms with Gasteiger partial charge in [-0.05, 0) is 36.4 Å². The van der Waals surface area contributed by atoms with Gasteiger partial charge in [0.25, 0.3) is 11.6 Å². The molecule has 8 nitrogen and oxygen atoms in total. The molecule has 0 atom stereocenters. The highest BCUT2D eigenvalue weighted by Gasteiger charge is 2.17. The Bertz CT molecular complexity index is 828. The van der Waals surface area contributed by atoms with Crippen LogP contribution in [0.3, 0.4) is 0 Å². The zero-order valence-corrected chi connectivity index (χ0v) is 13.9. The summed E-state index contributed by atoms with van der Waals surface area (Å²) in [6, 6.07) is 8.62. The van der Waals surface area contributed by atoms with E-state index in [-0.39, 0.29) is 22.1 Å². The lowest BCUT2D eigenvalue weighted by molar-refractivity contribution is -0.383. The molecule has 0 aliphatic rings. The van der Waals surface area contributed by atoms with Crippen LogP contribution in [0.5, 0.6) is 5.75 Å². The third kappa shape index (κ3) is 5.71. The average Bonchev–Trinajstić information content (AvgIpc) is 2.59. The first-order valence-corrected chi connectivity index (χ1v) is 7.51. The van der Waals surface area contributed by atoms with Gasteiger partial charge in [-0.25, -0.2) is 9.18 Å². The molecule has 0 unspecified atom stereocenters. The third-order valence-corrected chi connectivity index (χ3v) is 3.20. The van der Waals surface area contributed by atoms with Crippen LogP contribution in [-0.4, -0.2) is 30.0 Å². The van der Waals surface area contributed by atoms with Crippen LogP contribution >= 0.6 is 11.6 Å². The molecule has 0 bridgehead atoms. The number of carbonyl (C=O) groups excluding carboxylic acids is 2. The molecular weight excluding hydrogens is 371 g/mol. The summed E-state index contributed by atoms with van der Waals surface area (Å²) in [6.07, 6.45) is 0. The van der Waals surface area contributed by atoms with Crippen LogP contribution in [0.1, 0.15) is 0 Å². The van der Waals surface area contributed by atoms with Gasteiger partial charge in [-0.15, -0.1) is 0 Å². The van der Waals surface area contributed by atoms with Gasteiger partial charge in [0.2, 0.25) is 0 Å². The van der Waals surface area contributed by atoms with Crippen molar-refractivity contribution in [3.63, 3.8) is 0 Å². The number of benzene rings is 2. The molecule has 2 aromatic rings. The molecule has 0 saturated carbocycles. The van der Waals surface area contributed by atoms with Crippen LogP contribution in [0.15, 0.2) is 42.5 Å². The van der Waals surface area contributed by atoms with E-state index in [1.165, 1.54) is 24.3 Å². The number of hydrogen-bond acceptors (Lipinski definition) is 6. The van der Waals surface area contributed by atoms with Crippen molar-refractivity contribution in [2.75, 3.05) is 18.5 Å². The Morgan fingerprint density at radius 2 is 1.85 bits per heavy atom. The Balaban J connectivity index is 1.83. The minimum absolute atomic E-state index is 0.119. The Kier molecular flexibility index (Phi) is 6.45. The van der Waals surface area contributed by atoms with E-state index in [4.69, 9.17) is 21.1 Å². The van der Waals surface area contributed by atoms with Crippen LogP contribution in [0.4, 0.5) is 15.8 Å². The number of anilines is 1. The fraction of sp³-hybridized carbons (Fsp3) is 0.125. The molecule has 1 N–H and O–H groups in total. The van der Waals surface area contributed by atoms with Crippen LogP contribution in [-0.2, 0) is 14.3 Å². The maximum Gasteiger partial charge on any atom is 0.344 e. The number of rotatable bonds is 7. The maximum absolute atomic E-state index is 12.7. The summed E-state index contributed by atoms with van der Waals surface area (Å²) in [6.45, 7) is -1.16. The number of nitro groups is 1. The summed E-state index contributed by atoms with van der Waals surface area (Å²) in [7, 11) is 0. The van der Waals surface area contributed by atoms with Gasteiger partial charge in [-0.1, -0.05) is 11.6 Å². The minimum atomic E-state index is -0.843. The van der Waals surface area contributed by atoms with E-state index in [2.05, 4.69) is 5.32 Å². The predicted octanol–water partition coefficient (Wildman–Crippen LogP) is 2.95. The molecule has 0 aliphatic heterocycles. The summed E-state index contributed by atoms with van der Waals surface area (Å²) < 4.78 is 22.5. The smallest absolute Gasteiger partial charge is 0.344 e. The zero-order chi connectivity index (χ0) is 19.1. The van der Waals surface area contributed by atoms with Gasteiger partial charge in [-0.2, -0.15) is 0 Å². The molecular formula is C16H12ClFN2O6. The number of hydrogen-bond donors (Lipinski definition) is 1. The van der Waals surface area contributed by atoms with E-state index in [0.717, 1.165) is 18.2 Å². The number of nitro benzene ring substituents is 1. The minimum Gasteiger partial charge on any atom is -0.482 e. The monoisotopic (exact) mass is 382 g/mol. The van der Waals surface area contributed by atoms with Crippen molar-refractivity contribution in [1.29, 1.82) is 0 Å². The SMILES string of the molecule is O=C(COC(=O)COc1ccc(F)cc1)Nc1cc(Cl)ccc1[N+](=O)[O-]. The van der Waals surface area contributed by atoms with Gasteiger partial charge in [0.05, 0.1) is 4.92 Å². The second-order valence-corrected chi connectivity index (χ2v) is 5.31. The van der Waals surface area contributed by atoms with Crippen molar-refractivity contribution >= 4 is 34.9 Å². The molecule has 136 valence electrons. The number of nitrogens with zero attached hydrogens (tertiary/aromatic N) is 1. The maximum atomic E-state index is 12.7. The lowest BCUT2D eigenvalue weighted by Crippen LogP contribution is -2.24. The Hall–Kier alpha value is -3.20. The lowest BCUT2D eigenvalue weighted by atomic mass is 10.2. The number of halogens is 2. The molecule has 0 spiro atoms. The second-order valence-electron chi connectivity index (χ2n) is 4.87. The Morgan fingerprint density at radius 3 is 2.50 bits per heavy atom. The highest BCUT2D eigenvalue weighted by molar-refractivity contribution is 6.31. The van der Waals surface area contributed by atoms with E-state index in [0.29, 0.717) is 0 Å². The van der Waals surface area contributed by atoms with E-state index in [1.54, 1.807) is 0 Å². The first-order chi connectivity index (χ1) is 12.3. The van der Waals surface area contributed by atoms with Gasteiger partial charge < -0.3 is 14.8 Å². The van der Waals surface area contributed by atoms with Crippen molar-refractivity contribution in [3.05, 3.63) is 63.4 Å². The Labute approximate surface area is 151 Å². The average molecular weight is 383 g/mol. The standard InChI is InChI=1S/C16H12ClFN2O6/c17-10-1-6-14(20(23)24)13(7-10)19-15(21)8-26-16(22)9-25-12-4-2-11(18)3-5-12/h1-7H,8-9H2,(H,19,21). The highest BCUT2D eigenvalue weighted by atomic mass is 35.5. The summed E-state index contributed by atoms with van der Waals surface area (Å²) in [4.78, 5) is 33.5. The van der Waals surface area contributed by atoms with E-state index in [9.17, 15) is 24.1 Å². The first kappa shape index (κ1) is 19.1. The normalized spacial score (nSPS) is 10.1. The van der Waals surface area contributed by atoms with Crippen LogP contribution in [0.2, 0.25) is 5.02 Å². The molecule has 1 amide bonds. The number of nitrogens with one attached hydrogen (secondary N) is 1. The van der Waals surface area contributed by atoms with Crippen LogP contribution in [0.25, 0.3) is 0 Å². The third-order valence-electron chi connectivity index (χ3n) is 2.96. The molecule has 2 rings (SSSR count). The number of esters is 1. The van der Waals surface area contributed by atoms with Gasteiger partial charge >= 0.3 is 5.97 Å². The van der Waals surface area contributed by atoms with E-state index in [1.807, 2.05) is 0 Å². The number of carbonyl (C=O) groups is 2. The molecule has 2 aromatic carbocycles. The fourth-order valence-electron chi connectivity index (χ4n) is 1.81. The fourth-order valence-corrected chi connectivity index (χ4v) is 1.99. The first-order valence-electron chi connectivity index (χ1n) is 7.13. The van der Waals surface area contributed by atoms with Crippen molar-refractivity contribution in [1.82, 2.24) is 0 Å². The molecule has 0 aromatic heterocycles. The zero-order valence-electron chi connectivity index (χ0n) is 13.1. The summed E-state index contributed by atoms with van der Waals surface area (Å²) in [5.41, 5.74) is -0.472. The Morgan fingerprint density at radius 1 is 1.15 bits per heavy atom. The number of amides is 1. The van der Waals surface area contributed by atoms with Crippen molar-refractivity contribution in [3.8, 4) is 5.75 Å². The molecule has 0 heterocycles. The van der Waals surface area contributed by atoms with Crippen LogP contribution < -0.4 is 10.1 Å². The van der Waals surface area contributed by atoms with E-state index < -0.39 is 35.8 Å². The number of ether oxygens (including phenoxy) is 2. The van der Waals surface area contributed by atoms with Gasteiger partial charge in [0.15, 0.2) is 13.2 Å². The quantitative estimate of drug-likeness (QED) is 0.448. The summed E-state index contributed by atoms with van der Waals surface area (Å²) in [5.74, 6) is -1.83. The topological polar surface area (TPSA) is 108 Å². The molecule has 10 heteroatoms. The molecule has 0 radical (unpaired) electrons. The summed E-state index contributed by atoms with van der Waals surface area (Å²) >= 11 is 5.74. The predicted molar refractivity (Wildman–Crippen MR) is 89.6 cm³/mol. The largest absolute Gasteiger partial charge is 0.482 e. The molecule has 26 heavy (non-hydrogen) atoms. The van der Waals surface area contributed by atoms with Crippen molar-refractivity contribution in [2.24, 2.45) is 0 Å². The highest BCUT2D eigenvalue weighted by Crippen LogP contribution is 2.27. The lowest BCUT2D eigenvalue weighted by Gasteiger charge is -2.08. The van der Waals surface area contributed by atoms with Gasteiger partial charge in [-0.3, -0.25) is 14.9 Å². The van der Waals surface area contributed by atoms with Gasteiger partial charge in [0.1, 0.15) is 17.3 Å². The van der Waals surface area contributed by atoms with Crippen molar-refractivity contribution < 1.29 is 28.4 Å².